The first-order valence-electron chi connectivity index (χ1n) is 9.16. The summed E-state index contributed by atoms with van der Waals surface area (Å²) in [6, 6.07) is 16.5. The van der Waals surface area contributed by atoms with E-state index in [9.17, 15) is 18.8 Å². The number of aromatic nitrogens is 1. The number of nitrogens with one attached hydrogen (secondary N) is 1. The number of para-hydroxylation sites is 1. The summed E-state index contributed by atoms with van der Waals surface area (Å²) in [6.45, 7) is 0.153. The van der Waals surface area contributed by atoms with Gasteiger partial charge in [-0.1, -0.05) is 36.4 Å². The van der Waals surface area contributed by atoms with Gasteiger partial charge in [-0.15, -0.1) is 0 Å². The van der Waals surface area contributed by atoms with Gasteiger partial charge in [0, 0.05) is 18.5 Å². The van der Waals surface area contributed by atoms with Gasteiger partial charge in [0.2, 0.25) is 0 Å². The molecule has 8 heteroatoms. The average molecular weight is 421 g/mol. The third-order valence-electron chi connectivity index (χ3n) is 4.49. The maximum absolute atomic E-state index is 13.0. The van der Waals surface area contributed by atoms with Crippen molar-refractivity contribution in [3.63, 3.8) is 0 Å². The zero-order chi connectivity index (χ0) is 21.1. The topological polar surface area (TPSA) is 79.4 Å². The van der Waals surface area contributed by atoms with Crippen LogP contribution in [0.15, 0.2) is 65.6 Å². The van der Waals surface area contributed by atoms with Crippen LogP contribution in [-0.4, -0.2) is 40.0 Å². The van der Waals surface area contributed by atoms with Gasteiger partial charge in [-0.25, -0.2) is 9.37 Å². The molecule has 2 heterocycles. The lowest BCUT2D eigenvalue weighted by Crippen LogP contribution is -2.37. The minimum atomic E-state index is -0.438. The fourth-order valence-electron chi connectivity index (χ4n) is 2.97. The van der Waals surface area contributed by atoms with Crippen molar-refractivity contribution in [3.8, 4) is 0 Å². The molecule has 0 saturated carbocycles. The number of nitrogens with zero attached hydrogens (tertiary/aromatic N) is 2. The smallest absolute Gasteiger partial charge is 0.293 e. The summed E-state index contributed by atoms with van der Waals surface area (Å²) < 4.78 is 13.0. The number of thioether (sulfide) groups is 1. The molecular weight excluding hydrogens is 405 g/mol. The van der Waals surface area contributed by atoms with Crippen molar-refractivity contribution in [1.29, 1.82) is 0 Å². The Balaban J connectivity index is 1.37. The summed E-state index contributed by atoms with van der Waals surface area (Å²) in [4.78, 5) is 42.7. The highest BCUT2D eigenvalue weighted by atomic mass is 32.2. The van der Waals surface area contributed by atoms with Gasteiger partial charge in [-0.3, -0.25) is 19.3 Å². The minimum Gasteiger partial charge on any atom is -0.349 e. The number of fused-ring (bicyclic) bond motifs is 1. The van der Waals surface area contributed by atoms with Crippen molar-refractivity contribution in [2.24, 2.45) is 0 Å². The Kier molecular flexibility index (Phi) is 5.58. The van der Waals surface area contributed by atoms with Gasteiger partial charge in [0.05, 0.1) is 10.4 Å². The Morgan fingerprint density at radius 1 is 1.07 bits per heavy atom. The second-order valence-electron chi connectivity index (χ2n) is 6.53. The van der Waals surface area contributed by atoms with E-state index < -0.39 is 11.1 Å². The lowest BCUT2D eigenvalue weighted by molar-refractivity contribution is -0.122. The molecule has 1 aliphatic rings. The first-order valence-corrected chi connectivity index (χ1v) is 9.98. The molecule has 0 atom stereocenters. The van der Waals surface area contributed by atoms with Gasteiger partial charge < -0.3 is 5.32 Å². The van der Waals surface area contributed by atoms with E-state index in [-0.39, 0.29) is 35.4 Å². The molecule has 30 heavy (non-hydrogen) atoms. The van der Waals surface area contributed by atoms with Gasteiger partial charge in [0.15, 0.2) is 0 Å². The van der Waals surface area contributed by atoms with Crippen LogP contribution >= 0.6 is 11.8 Å². The minimum absolute atomic E-state index is 0.0464. The van der Waals surface area contributed by atoms with Crippen molar-refractivity contribution >= 4 is 45.8 Å². The Morgan fingerprint density at radius 3 is 2.63 bits per heavy atom. The number of halogens is 1. The van der Waals surface area contributed by atoms with E-state index in [4.69, 9.17) is 0 Å². The standard InChI is InChI=1S/C22H16FN3O3S/c23-16-8-5-14(6-9-16)13-19-21(28)26(22(29)30-19)12-11-24-20(27)18-10-7-15-3-1-2-4-17(15)25-18/h1-10,13H,11-12H2,(H,24,27). The van der Waals surface area contributed by atoms with Crippen LogP contribution in [0.5, 0.6) is 0 Å². The molecule has 0 aliphatic carbocycles. The Bertz CT molecular complexity index is 1180. The molecular formula is C22H16FN3O3S. The van der Waals surface area contributed by atoms with Crippen LogP contribution in [0.4, 0.5) is 9.18 Å². The van der Waals surface area contributed by atoms with E-state index in [0.29, 0.717) is 11.1 Å². The number of benzene rings is 2. The maximum atomic E-state index is 13.0. The normalized spacial score (nSPS) is 15.2. The van der Waals surface area contributed by atoms with Crippen LogP contribution in [0, 0.1) is 5.82 Å². The van der Waals surface area contributed by atoms with E-state index in [1.165, 1.54) is 24.3 Å². The molecule has 0 spiro atoms. The highest BCUT2D eigenvalue weighted by molar-refractivity contribution is 8.18. The quantitative estimate of drug-likeness (QED) is 0.634. The van der Waals surface area contributed by atoms with Gasteiger partial charge in [0.1, 0.15) is 11.5 Å². The second kappa shape index (κ2) is 8.46. The molecule has 6 nitrogen and oxygen atoms in total. The SMILES string of the molecule is O=C(NCCN1C(=O)SC(=Cc2ccc(F)cc2)C1=O)c1ccc2ccccc2n1. The Hall–Kier alpha value is -3.52. The van der Waals surface area contributed by atoms with E-state index >= 15 is 0 Å². The van der Waals surface area contributed by atoms with E-state index in [2.05, 4.69) is 10.3 Å². The lowest BCUT2D eigenvalue weighted by Gasteiger charge is -2.13. The van der Waals surface area contributed by atoms with Crippen molar-refractivity contribution in [3.05, 3.63) is 82.6 Å². The van der Waals surface area contributed by atoms with Crippen LogP contribution in [-0.2, 0) is 4.79 Å². The predicted molar refractivity (Wildman–Crippen MR) is 113 cm³/mol. The summed E-state index contributed by atoms with van der Waals surface area (Å²) in [6.07, 6.45) is 1.54. The summed E-state index contributed by atoms with van der Waals surface area (Å²) in [7, 11) is 0. The molecule has 1 N–H and O–H groups in total. The Morgan fingerprint density at radius 2 is 1.83 bits per heavy atom. The zero-order valence-corrected chi connectivity index (χ0v) is 16.5. The fourth-order valence-corrected chi connectivity index (χ4v) is 3.83. The molecule has 3 aromatic rings. The van der Waals surface area contributed by atoms with Crippen LogP contribution in [0.25, 0.3) is 17.0 Å². The highest BCUT2D eigenvalue weighted by Crippen LogP contribution is 2.31. The number of hydrogen-bond acceptors (Lipinski definition) is 5. The predicted octanol–water partition coefficient (Wildman–Crippen LogP) is 3.84. The van der Waals surface area contributed by atoms with E-state index in [1.807, 2.05) is 30.3 Å². The van der Waals surface area contributed by atoms with E-state index in [1.54, 1.807) is 12.1 Å². The van der Waals surface area contributed by atoms with Crippen LogP contribution in [0.3, 0.4) is 0 Å². The molecule has 2 aromatic carbocycles. The first-order chi connectivity index (χ1) is 14.5. The summed E-state index contributed by atoms with van der Waals surface area (Å²) >= 11 is 0.817. The molecule has 0 bridgehead atoms. The number of carbonyl (C=O) groups excluding carboxylic acids is 3. The molecule has 1 aromatic heterocycles. The first kappa shape index (κ1) is 19.8. The zero-order valence-electron chi connectivity index (χ0n) is 15.7. The Labute approximate surface area is 175 Å². The summed E-state index contributed by atoms with van der Waals surface area (Å²) in [5.41, 5.74) is 1.60. The molecule has 3 amide bonds. The maximum Gasteiger partial charge on any atom is 0.293 e. The molecule has 1 fully saturated rings. The molecule has 1 saturated heterocycles. The van der Waals surface area contributed by atoms with Crippen LogP contribution in [0.2, 0.25) is 0 Å². The largest absolute Gasteiger partial charge is 0.349 e. The van der Waals surface area contributed by atoms with E-state index in [0.717, 1.165) is 22.0 Å². The number of carbonyl (C=O) groups is 3. The van der Waals surface area contributed by atoms with Crippen molar-refractivity contribution in [2.75, 3.05) is 13.1 Å². The second-order valence-corrected chi connectivity index (χ2v) is 7.52. The summed E-state index contributed by atoms with van der Waals surface area (Å²) in [5, 5.41) is 3.20. The van der Waals surface area contributed by atoms with Gasteiger partial charge in [-0.05, 0) is 47.7 Å². The lowest BCUT2D eigenvalue weighted by atomic mass is 10.2. The number of hydrogen-bond donors (Lipinski definition) is 1. The molecule has 1 aliphatic heterocycles. The van der Waals surface area contributed by atoms with Crippen molar-refractivity contribution in [2.45, 2.75) is 0 Å². The van der Waals surface area contributed by atoms with Gasteiger partial charge >= 0.3 is 0 Å². The molecule has 150 valence electrons. The number of amides is 3. The van der Waals surface area contributed by atoms with Gasteiger partial charge in [-0.2, -0.15) is 0 Å². The molecule has 0 unspecified atom stereocenters. The number of rotatable bonds is 5. The third kappa shape index (κ3) is 4.23. The van der Waals surface area contributed by atoms with Crippen molar-refractivity contribution < 1.29 is 18.8 Å². The van der Waals surface area contributed by atoms with Crippen molar-refractivity contribution in [1.82, 2.24) is 15.2 Å². The molecule has 0 radical (unpaired) electrons. The van der Waals surface area contributed by atoms with Crippen LogP contribution in [0.1, 0.15) is 16.1 Å². The third-order valence-corrected chi connectivity index (χ3v) is 5.40. The van der Waals surface area contributed by atoms with Crippen LogP contribution < -0.4 is 5.32 Å². The fraction of sp³-hybridized carbons (Fsp3) is 0.0909. The molecule has 4 rings (SSSR count). The number of pyridine rings is 1. The van der Waals surface area contributed by atoms with Gasteiger partial charge in [0.25, 0.3) is 17.1 Å². The summed E-state index contributed by atoms with van der Waals surface area (Å²) in [5.74, 6) is -1.20. The number of imide groups is 1. The highest BCUT2D eigenvalue weighted by Gasteiger charge is 2.34. The monoisotopic (exact) mass is 421 g/mol. The average Bonchev–Trinajstić information content (AvgIpc) is 3.02.